The van der Waals surface area contributed by atoms with E-state index in [-0.39, 0.29) is 11.9 Å². The second-order valence-corrected chi connectivity index (χ2v) is 8.24. The van der Waals surface area contributed by atoms with E-state index in [1.165, 1.54) is 22.2 Å². The van der Waals surface area contributed by atoms with Gasteiger partial charge in [-0.15, -0.1) is 0 Å². The van der Waals surface area contributed by atoms with Crippen LogP contribution in [0.15, 0.2) is 54.6 Å². The Morgan fingerprint density at radius 3 is 2.53 bits per heavy atom. The van der Waals surface area contributed by atoms with E-state index in [0.717, 1.165) is 17.0 Å². The lowest BCUT2D eigenvalue weighted by atomic mass is 10.1. The van der Waals surface area contributed by atoms with Crippen molar-refractivity contribution < 1.29 is 9.53 Å². The fourth-order valence-corrected chi connectivity index (χ4v) is 4.24. The topological polar surface area (TPSA) is 61.1 Å². The van der Waals surface area contributed by atoms with E-state index in [2.05, 4.69) is 54.0 Å². The van der Waals surface area contributed by atoms with Crippen LogP contribution in [0.2, 0.25) is 0 Å². The average Bonchev–Trinajstić information content (AvgIpc) is 3.28. The van der Waals surface area contributed by atoms with Crippen molar-refractivity contribution in [3.63, 3.8) is 0 Å². The predicted molar refractivity (Wildman–Crippen MR) is 128 cm³/mol. The molecule has 166 valence electrons. The standard InChI is InChI=1S/C26H30N4O2/c1-17-16-25(30(28-17)20(4)21-10-12-22(32-5)13-11-21)27-26(31)14-15-29-19(3)18(2)23-8-6-7-9-24(23)29/h6-13,16,20H,14-15H2,1-5H3,(H,27,31). The number of fused-ring (bicyclic) bond motifs is 1. The van der Waals surface area contributed by atoms with Crippen LogP contribution < -0.4 is 10.1 Å². The predicted octanol–water partition coefficient (Wildman–Crippen LogP) is 5.41. The van der Waals surface area contributed by atoms with Crippen molar-refractivity contribution in [1.82, 2.24) is 14.3 Å². The number of carbonyl (C=O) groups is 1. The van der Waals surface area contributed by atoms with Gasteiger partial charge in [-0.05, 0) is 57.0 Å². The van der Waals surface area contributed by atoms with Gasteiger partial charge in [0.2, 0.25) is 5.91 Å². The number of nitrogens with zero attached hydrogens (tertiary/aromatic N) is 3. The summed E-state index contributed by atoms with van der Waals surface area (Å²) in [5, 5.41) is 8.94. The van der Waals surface area contributed by atoms with Crippen molar-refractivity contribution in [3.05, 3.63) is 77.1 Å². The van der Waals surface area contributed by atoms with Gasteiger partial charge in [0.25, 0.3) is 0 Å². The maximum atomic E-state index is 12.9. The second kappa shape index (κ2) is 8.91. The summed E-state index contributed by atoms with van der Waals surface area (Å²) < 4.78 is 9.35. The van der Waals surface area contributed by atoms with Crippen LogP contribution in [-0.2, 0) is 11.3 Å². The van der Waals surface area contributed by atoms with E-state index in [4.69, 9.17) is 4.74 Å². The summed E-state index contributed by atoms with van der Waals surface area (Å²) in [6.45, 7) is 8.89. The van der Waals surface area contributed by atoms with Crippen LogP contribution in [0.1, 0.15) is 41.9 Å². The Kier molecular flexibility index (Phi) is 6.04. The number of amides is 1. The molecule has 32 heavy (non-hydrogen) atoms. The zero-order valence-corrected chi connectivity index (χ0v) is 19.3. The van der Waals surface area contributed by atoms with E-state index in [1.807, 2.05) is 48.0 Å². The highest BCUT2D eigenvalue weighted by Gasteiger charge is 2.17. The Morgan fingerprint density at radius 2 is 1.81 bits per heavy atom. The molecule has 1 N–H and O–H groups in total. The zero-order valence-electron chi connectivity index (χ0n) is 19.3. The van der Waals surface area contributed by atoms with Gasteiger partial charge < -0.3 is 14.6 Å². The number of para-hydroxylation sites is 1. The monoisotopic (exact) mass is 430 g/mol. The minimum absolute atomic E-state index is 0.0248. The minimum atomic E-state index is -0.0251. The lowest BCUT2D eigenvalue weighted by molar-refractivity contribution is -0.116. The van der Waals surface area contributed by atoms with Gasteiger partial charge in [-0.3, -0.25) is 4.79 Å². The number of nitrogens with one attached hydrogen (secondary N) is 1. The number of hydrogen-bond acceptors (Lipinski definition) is 3. The van der Waals surface area contributed by atoms with Crippen LogP contribution in [0, 0.1) is 20.8 Å². The molecule has 0 spiro atoms. The third-order valence-corrected chi connectivity index (χ3v) is 6.20. The van der Waals surface area contributed by atoms with Gasteiger partial charge in [-0.25, -0.2) is 4.68 Å². The van der Waals surface area contributed by atoms with Crippen molar-refractivity contribution in [2.75, 3.05) is 12.4 Å². The molecule has 0 radical (unpaired) electrons. The number of ether oxygens (including phenoxy) is 1. The molecule has 2 aromatic heterocycles. The summed E-state index contributed by atoms with van der Waals surface area (Å²) in [5.74, 6) is 1.50. The molecule has 1 amide bonds. The van der Waals surface area contributed by atoms with Crippen LogP contribution in [-0.4, -0.2) is 27.4 Å². The largest absolute Gasteiger partial charge is 0.497 e. The highest BCUT2D eigenvalue weighted by atomic mass is 16.5. The van der Waals surface area contributed by atoms with E-state index in [1.54, 1.807) is 7.11 Å². The fourth-order valence-electron chi connectivity index (χ4n) is 4.24. The Bertz CT molecular complexity index is 1250. The quantitative estimate of drug-likeness (QED) is 0.426. The summed E-state index contributed by atoms with van der Waals surface area (Å²) in [5.41, 5.74) is 5.60. The van der Waals surface area contributed by atoms with Crippen LogP contribution >= 0.6 is 0 Å². The average molecular weight is 431 g/mol. The van der Waals surface area contributed by atoms with Crippen LogP contribution in [0.5, 0.6) is 5.75 Å². The number of aromatic nitrogens is 3. The third-order valence-electron chi connectivity index (χ3n) is 6.20. The first-order valence-electron chi connectivity index (χ1n) is 10.9. The molecule has 0 bridgehead atoms. The number of benzene rings is 2. The van der Waals surface area contributed by atoms with Gasteiger partial charge in [0.05, 0.1) is 18.8 Å². The number of aryl methyl sites for hydroxylation is 3. The van der Waals surface area contributed by atoms with Gasteiger partial charge in [-0.2, -0.15) is 5.10 Å². The Hall–Kier alpha value is -3.54. The number of rotatable bonds is 7. The van der Waals surface area contributed by atoms with Crippen LogP contribution in [0.3, 0.4) is 0 Å². The molecule has 0 aliphatic rings. The molecule has 6 heteroatoms. The van der Waals surface area contributed by atoms with E-state index in [0.29, 0.717) is 18.8 Å². The summed E-state index contributed by atoms with van der Waals surface area (Å²) in [7, 11) is 1.66. The van der Waals surface area contributed by atoms with Crippen LogP contribution in [0.4, 0.5) is 5.82 Å². The molecule has 2 heterocycles. The fraction of sp³-hybridized carbons (Fsp3) is 0.308. The van der Waals surface area contributed by atoms with Gasteiger partial charge >= 0.3 is 0 Å². The van der Waals surface area contributed by atoms with E-state index >= 15 is 0 Å². The molecule has 0 aliphatic heterocycles. The van der Waals surface area contributed by atoms with Crippen molar-refractivity contribution in [3.8, 4) is 5.75 Å². The van der Waals surface area contributed by atoms with Crippen molar-refractivity contribution in [1.29, 1.82) is 0 Å². The smallest absolute Gasteiger partial charge is 0.227 e. The molecule has 2 aromatic carbocycles. The van der Waals surface area contributed by atoms with Crippen molar-refractivity contribution >= 4 is 22.6 Å². The van der Waals surface area contributed by atoms with Crippen molar-refractivity contribution in [2.45, 2.75) is 46.7 Å². The lowest BCUT2D eigenvalue weighted by Gasteiger charge is -2.17. The van der Waals surface area contributed by atoms with Gasteiger partial charge in [-0.1, -0.05) is 30.3 Å². The molecule has 1 atom stereocenters. The normalized spacial score (nSPS) is 12.2. The molecular weight excluding hydrogens is 400 g/mol. The highest BCUT2D eigenvalue weighted by molar-refractivity contribution is 5.90. The minimum Gasteiger partial charge on any atom is -0.497 e. The van der Waals surface area contributed by atoms with Crippen LogP contribution in [0.25, 0.3) is 10.9 Å². The number of methoxy groups -OCH3 is 1. The summed E-state index contributed by atoms with van der Waals surface area (Å²) >= 11 is 0. The SMILES string of the molecule is COc1ccc(C(C)n2nc(C)cc2NC(=O)CCn2c(C)c(C)c3ccccc32)cc1. The molecule has 0 saturated heterocycles. The van der Waals surface area contributed by atoms with Gasteiger partial charge in [0.1, 0.15) is 11.6 Å². The Labute approximate surface area is 188 Å². The molecule has 4 aromatic rings. The summed E-state index contributed by atoms with van der Waals surface area (Å²) in [4.78, 5) is 12.9. The third kappa shape index (κ3) is 4.13. The van der Waals surface area contributed by atoms with E-state index in [9.17, 15) is 4.79 Å². The number of carbonyl (C=O) groups excluding carboxylic acids is 1. The number of anilines is 1. The molecular formula is C26H30N4O2. The van der Waals surface area contributed by atoms with Crippen molar-refractivity contribution in [2.24, 2.45) is 0 Å². The second-order valence-electron chi connectivity index (χ2n) is 8.24. The van der Waals surface area contributed by atoms with E-state index < -0.39 is 0 Å². The number of hydrogen-bond donors (Lipinski definition) is 1. The maximum absolute atomic E-state index is 12.9. The molecule has 0 fully saturated rings. The molecule has 6 nitrogen and oxygen atoms in total. The molecule has 0 aliphatic carbocycles. The van der Waals surface area contributed by atoms with Gasteiger partial charge in [0, 0.05) is 35.6 Å². The highest BCUT2D eigenvalue weighted by Crippen LogP contribution is 2.26. The zero-order chi connectivity index (χ0) is 22.8. The Morgan fingerprint density at radius 1 is 1.09 bits per heavy atom. The summed E-state index contributed by atoms with van der Waals surface area (Å²) in [6, 6.07) is 18.2. The first-order valence-corrected chi connectivity index (χ1v) is 10.9. The van der Waals surface area contributed by atoms with Gasteiger partial charge in [0.15, 0.2) is 0 Å². The molecule has 4 rings (SSSR count). The molecule has 1 unspecified atom stereocenters. The Balaban J connectivity index is 1.49. The maximum Gasteiger partial charge on any atom is 0.227 e. The molecule has 0 saturated carbocycles. The first kappa shape index (κ1) is 21.7. The first-order chi connectivity index (χ1) is 15.4. The lowest BCUT2D eigenvalue weighted by Crippen LogP contribution is -2.19. The summed E-state index contributed by atoms with van der Waals surface area (Å²) in [6.07, 6.45) is 0.389.